The van der Waals surface area contributed by atoms with Crippen LogP contribution in [0.1, 0.15) is 11.6 Å². The van der Waals surface area contributed by atoms with Gasteiger partial charge in [0, 0.05) is 5.69 Å². The second-order valence-electron chi connectivity index (χ2n) is 7.44. The fraction of sp³-hybridized carbons (Fsp3) is 0.125. The highest BCUT2D eigenvalue weighted by molar-refractivity contribution is 6.11. The van der Waals surface area contributed by atoms with Crippen molar-refractivity contribution in [3.8, 4) is 5.75 Å². The Bertz CT molecular complexity index is 1260. The summed E-state index contributed by atoms with van der Waals surface area (Å²) in [4.78, 5) is 18.6. The fourth-order valence-electron chi connectivity index (χ4n) is 3.63. The first-order valence-electron chi connectivity index (χ1n) is 10.2. The number of para-hydroxylation sites is 1. The monoisotopic (exact) mass is 512 g/mol. The molecule has 1 unspecified atom stereocenters. The zero-order valence-corrected chi connectivity index (χ0v) is 17.9. The summed E-state index contributed by atoms with van der Waals surface area (Å²) in [5.74, 6) is -2.20. The Hall–Kier alpha value is -4.06. The number of anilines is 2. The Kier molecular flexibility index (Phi) is 6.63. The van der Waals surface area contributed by atoms with Gasteiger partial charge in [-0.3, -0.25) is 9.69 Å². The minimum Gasteiger partial charge on any atom is -0.406 e. The van der Waals surface area contributed by atoms with Crippen molar-refractivity contribution in [1.82, 2.24) is 0 Å². The number of benzene rings is 3. The van der Waals surface area contributed by atoms with Gasteiger partial charge in [0.25, 0.3) is 5.91 Å². The minimum absolute atomic E-state index is 0.0232. The predicted octanol–water partition coefficient (Wildman–Crippen LogP) is 6.65. The summed E-state index contributed by atoms with van der Waals surface area (Å²) in [7, 11) is 0. The van der Waals surface area contributed by atoms with Crippen LogP contribution in [0.4, 0.5) is 42.1 Å². The molecule has 0 saturated carbocycles. The number of carbonyl (C=O) groups is 1. The van der Waals surface area contributed by atoms with Crippen molar-refractivity contribution in [3.05, 3.63) is 102 Å². The van der Waals surface area contributed by atoms with Gasteiger partial charge in [-0.2, -0.15) is 4.84 Å². The quantitative estimate of drug-likeness (QED) is 0.274. The van der Waals surface area contributed by atoms with Crippen molar-refractivity contribution in [2.24, 2.45) is 0 Å². The lowest BCUT2D eigenvalue weighted by Gasteiger charge is -2.27. The minimum atomic E-state index is -5.17. The number of ether oxygens (including phenoxy) is 1. The van der Waals surface area contributed by atoms with Crippen molar-refractivity contribution in [2.75, 3.05) is 9.96 Å². The molecule has 188 valence electrons. The molecule has 4 rings (SSSR count). The second-order valence-corrected chi connectivity index (χ2v) is 7.44. The van der Waals surface area contributed by atoms with E-state index in [4.69, 9.17) is 0 Å². The van der Waals surface area contributed by atoms with Crippen LogP contribution < -0.4 is 14.7 Å². The van der Waals surface area contributed by atoms with Crippen LogP contribution in [-0.4, -0.2) is 18.6 Å². The average Bonchev–Trinajstić information content (AvgIpc) is 3.14. The van der Waals surface area contributed by atoms with Crippen LogP contribution >= 0.6 is 0 Å². The van der Waals surface area contributed by atoms with E-state index in [1.165, 1.54) is 36.4 Å². The molecule has 1 heterocycles. The molecule has 3 aromatic rings. The SMILES string of the molecule is O=C1C(N(OC(F)(F)F)c2ccccc2)=CC(c2cccc(F)c2)N1c1ccc(OC(F)(F)F)cc1. The summed E-state index contributed by atoms with van der Waals surface area (Å²) in [6.45, 7) is 0. The van der Waals surface area contributed by atoms with Crippen molar-refractivity contribution in [1.29, 1.82) is 0 Å². The molecule has 0 spiro atoms. The molecule has 3 aromatic carbocycles. The van der Waals surface area contributed by atoms with Gasteiger partial charge in [-0.05, 0) is 60.2 Å². The Morgan fingerprint density at radius 3 is 2.06 bits per heavy atom. The summed E-state index contributed by atoms with van der Waals surface area (Å²) in [6.07, 6.45) is -8.97. The zero-order valence-electron chi connectivity index (χ0n) is 17.9. The molecular formula is C24H15F7N2O3. The Morgan fingerprint density at radius 2 is 1.47 bits per heavy atom. The van der Waals surface area contributed by atoms with E-state index in [0.29, 0.717) is 5.06 Å². The third-order valence-corrected chi connectivity index (χ3v) is 4.97. The summed E-state index contributed by atoms with van der Waals surface area (Å²) >= 11 is 0. The first-order chi connectivity index (χ1) is 16.9. The van der Waals surface area contributed by atoms with E-state index < -0.39 is 41.9 Å². The number of hydrogen-bond acceptors (Lipinski definition) is 4. The normalized spacial score (nSPS) is 16.2. The van der Waals surface area contributed by atoms with E-state index in [1.807, 2.05) is 0 Å². The number of halogens is 7. The van der Waals surface area contributed by atoms with E-state index in [1.54, 1.807) is 6.07 Å². The number of carbonyl (C=O) groups excluding carboxylic acids is 1. The van der Waals surface area contributed by atoms with Crippen molar-refractivity contribution in [2.45, 2.75) is 18.8 Å². The van der Waals surface area contributed by atoms with E-state index >= 15 is 0 Å². The van der Waals surface area contributed by atoms with E-state index in [-0.39, 0.29) is 16.9 Å². The van der Waals surface area contributed by atoms with Gasteiger partial charge < -0.3 is 4.74 Å². The second kappa shape index (κ2) is 9.53. The molecule has 0 aromatic heterocycles. The summed E-state index contributed by atoms with van der Waals surface area (Å²) in [6, 6.07) is 15.0. The topological polar surface area (TPSA) is 42.0 Å². The maximum atomic E-state index is 14.0. The molecule has 1 atom stereocenters. The van der Waals surface area contributed by atoms with Gasteiger partial charge in [-0.25, -0.2) is 9.45 Å². The lowest BCUT2D eigenvalue weighted by atomic mass is 10.1. The van der Waals surface area contributed by atoms with Crippen LogP contribution in [0.5, 0.6) is 5.75 Å². The molecule has 5 nitrogen and oxygen atoms in total. The molecule has 0 fully saturated rings. The number of rotatable bonds is 6. The fourth-order valence-corrected chi connectivity index (χ4v) is 3.63. The molecular weight excluding hydrogens is 497 g/mol. The van der Waals surface area contributed by atoms with Crippen molar-refractivity contribution < 1.29 is 45.1 Å². The Labute approximate surface area is 199 Å². The first kappa shape index (κ1) is 25.0. The van der Waals surface area contributed by atoms with E-state index in [0.717, 1.165) is 47.4 Å². The third-order valence-electron chi connectivity index (χ3n) is 4.97. The van der Waals surface area contributed by atoms with Crippen LogP contribution in [-0.2, 0) is 9.63 Å². The highest BCUT2D eigenvalue weighted by atomic mass is 19.4. The maximum Gasteiger partial charge on any atom is 0.573 e. The number of amides is 1. The van der Waals surface area contributed by atoms with Gasteiger partial charge in [0.05, 0.1) is 11.7 Å². The number of hydrogen-bond donors (Lipinski definition) is 0. The van der Waals surface area contributed by atoms with E-state index in [2.05, 4.69) is 9.57 Å². The van der Waals surface area contributed by atoms with Gasteiger partial charge >= 0.3 is 12.7 Å². The van der Waals surface area contributed by atoms with Crippen LogP contribution in [0.2, 0.25) is 0 Å². The molecule has 1 aliphatic heterocycles. The lowest BCUT2D eigenvalue weighted by Crippen LogP contribution is -2.37. The number of alkyl halides is 6. The molecule has 36 heavy (non-hydrogen) atoms. The van der Waals surface area contributed by atoms with Gasteiger partial charge in [0.15, 0.2) is 0 Å². The van der Waals surface area contributed by atoms with Gasteiger partial charge in [-0.1, -0.05) is 30.3 Å². The Balaban J connectivity index is 1.78. The van der Waals surface area contributed by atoms with Gasteiger partial charge in [0.2, 0.25) is 0 Å². The van der Waals surface area contributed by atoms with Crippen LogP contribution in [0.15, 0.2) is 90.6 Å². The standard InChI is InChI=1S/C24H15F7N2O3/c25-16-6-4-5-15(13-16)20-14-21(33(36-24(29,30)31)18-7-2-1-3-8-18)22(34)32(20)17-9-11-19(12-10-17)35-23(26,27)28/h1-14,20H. The van der Waals surface area contributed by atoms with Crippen LogP contribution in [0.25, 0.3) is 0 Å². The summed E-state index contributed by atoms with van der Waals surface area (Å²) < 4.78 is 95.2. The largest absolute Gasteiger partial charge is 0.573 e. The summed E-state index contributed by atoms with van der Waals surface area (Å²) in [5.41, 5.74) is -0.435. The Morgan fingerprint density at radius 1 is 0.806 bits per heavy atom. The maximum absolute atomic E-state index is 14.0. The van der Waals surface area contributed by atoms with E-state index in [9.17, 15) is 35.5 Å². The third kappa shape index (κ3) is 5.77. The first-order valence-corrected chi connectivity index (χ1v) is 10.2. The number of nitrogens with zero attached hydrogens (tertiary/aromatic N) is 2. The zero-order chi connectivity index (χ0) is 26.1. The highest BCUT2D eigenvalue weighted by Crippen LogP contribution is 2.40. The number of hydroxylamine groups is 1. The van der Waals surface area contributed by atoms with Crippen LogP contribution in [0, 0.1) is 5.82 Å². The molecule has 0 radical (unpaired) electrons. The molecule has 12 heteroatoms. The molecule has 0 saturated heterocycles. The average molecular weight is 512 g/mol. The van der Waals surface area contributed by atoms with Crippen LogP contribution in [0.3, 0.4) is 0 Å². The predicted molar refractivity (Wildman–Crippen MR) is 114 cm³/mol. The lowest BCUT2D eigenvalue weighted by molar-refractivity contribution is -0.327. The smallest absolute Gasteiger partial charge is 0.406 e. The van der Waals surface area contributed by atoms with Gasteiger partial charge in [-0.15, -0.1) is 26.3 Å². The van der Waals surface area contributed by atoms with Gasteiger partial charge in [0.1, 0.15) is 17.3 Å². The molecule has 0 N–H and O–H groups in total. The summed E-state index contributed by atoms with van der Waals surface area (Å²) in [5, 5.41) is 0.301. The molecule has 0 bridgehead atoms. The molecule has 1 amide bonds. The molecule has 1 aliphatic rings. The highest BCUT2D eigenvalue weighted by Gasteiger charge is 2.43. The van der Waals surface area contributed by atoms with Crippen molar-refractivity contribution >= 4 is 17.3 Å². The molecule has 0 aliphatic carbocycles. The van der Waals surface area contributed by atoms with Crippen molar-refractivity contribution in [3.63, 3.8) is 0 Å².